The molecule has 0 radical (unpaired) electrons. The smallest absolute Gasteiger partial charge is 0.350 e. The molecule has 0 fully saturated rings. The van der Waals surface area contributed by atoms with Crippen molar-refractivity contribution < 1.29 is 15.0 Å². The normalized spacial score (nSPS) is 12.0. The zero-order valence-corrected chi connectivity index (χ0v) is 10.7. The number of hydrogen-bond acceptors (Lipinski definition) is 4. The zero-order chi connectivity index (χ0) is 8.04. The molecule has 10 heavy (non-hydrogen) atoms. The lowest BCUT2D eigenvalue weighted by molar-refractivity contribution is 0.138. The van der Waals surface area contributed by atoms with Crippen molar-refractivity contribution in [2.45, 2.75) is 6.92 Å². The standard InChI is InChI=1S/C2H5Br3O4Si/c1-2-6-10(7-3,8-4)9-5/h2H2,1H3. The average molecular weight is 361 g/mol. The van der Waals surface area contributed by atoms with Gasteiger partial charge in [0, 0.05) is 6.61 Å². The van der Waals surface area contributed by atoms with Gasteiger partial charge in [-0.25, -0.2) is 0 Å². The predicted molar refractivity (Wildman–Crippen MR) is 47.4 cm³/mol. The first-order valence-corrected chi connectivity index (χ1v) is 5.85. The Morgan fingerprint density at radius 2 is 1.50 bits per heavy atom. The van der Waals surface area contributed by atoms with Crippen LogP contribution in [0.1, 0.15) is 6.92 Å². The van der Waals surface area contributed by atoms with Crippen LogP contribution >= 0.6 is 48.8 Å². The summed E-state index contributed by atoms with van der Waals surface area (Å²) in [5, 5.41) is 0. The van der Waals surface area contributed by atoms with Gasteiger partial charge in [0.15, 0.2) is 0 Å². The molecule has 0 rings (SSSR count). The quantitative estimate of drug-likeness (QED) is 0.706. The summed E-state index contributed by atoms with van der Waals surface area (Å²) in [6, 6.07) is 0. The van der Waals surface area contributed by atoms with E-state index >= 15 is 0 Å². The van der Waals surface area contributed by atoms with Gasteiger partial charge in [0.2, 0.25) is 0 Å². The van der Waals surface area contributed by atoms with Crippen LogP contribution in [0.3, 0.4) is 0 Å². The third-order valence-corrected chi connectivity index (χ3v) is 5.38. The highest BCUT2D eigenvalue weighted by atomic mass is 79.9. The Morgan fingerprint density at radius 3 is 1.60 bits per heavy atom. The van der Waals surface area contributed by atoms with Crippen molar-refractivity contribution in [1.29, 1.82) is 0 Å². The van der Waals surface area contributed by atoms with E-state index in [4.69, 9.17) is 4.43 Å². The minimum atomic E-state index is -2.97. The van der Waals surface area contributed by atoms with E-state index in [9.17, 15) is 0 Å². The van der Waals surface area contributed by atoms with Crippen LogP contribution in [0.5, 0.6) is 0 Å². The molecule has 0 aliphatic heterocycles. The van der Waals surface area contributed by atoms with Crippen molar-refractivity contribution in [2.75, 3.05) is 6.61 Å². The topological polar surface area (TPSA) is 36.9 Å². The number of hydrogen-bond donors (Lipinski definition) is 0. The third-order valence-electron chi connectivity index (χ3n) is 0.605. The first-order chi connectivity index (χ1) is 4.74. The van der Waals surface area contributed by atoms with E-state index < -0.39 is 9.05 Å². The Bertz CT molecular complexity index is 80.3. The van der Waals surface area contributed by atoms with E-state index in [1.807, 2.05) is 0 Å². The molecule has 0 heterocycles. The largest absolute Gasteiger partial charge is 0.713 e. The maximum Gasteiger partial charge on any atom is 0.713 e. The Hall–Kier alpha value is 1.50. The lowest BCUT2D eigenvalue weighted by Gasteiger charge is -2.16. The maximum atomic E-state index is 5.01. The van der Waals surface area contributed by atoms with Gasteiger partial charge in [0.25, 0.3) is 0 Å². The molecular formula is C2H5Br3O4Si. The van der Waals surface area contributed by atoms with Gasteiger partial charge in [0.05, 0.1) is 48.8 Å². The van der Waals surface area contributed by atoms with Crippen LogP contribution in [0.2, 0.25) is 0 Å². The van der Waals surface area contributed by atoms with Crippen molar-refractivity contribution in [2.24, 2.45) is 0 Å². The molecule has 8 heteroatoms. The van der Waals surface area contributed by atoms with E-state index in [1.165, 1.54) is 0 Å². The highest BCUT2D eigenvalue weighted by molar-refractivity contribution is 9.07. The van der Waals surface area contributed by atoms with Gasteiger partial charge >= 0.3 is 9.05 Å². The van der Waals surface area contributed by atoms with Gasteiger partial charge in [0.1, 0.15) is 0 Å². The molecule has 0 saturated carbocycles. The SMILES string of the molecule is CCO[Si](OBr)(OBr)OBr. The Kier molecular flexibility index (Phi) is 6.97. The summed E-state index contributed by atoms with van der Waals surface area (Å²) >= 11 is 8.16. The molecule has 0 bridgehead atoms. The lowest BCUT2D eigenvalue weighted by atomic mass is 10.9. The van der Waals surface area contributed by atoms with Crippen molar-refractivity contribution in [3.63, 3.8) is 0 Å². The second-order valence-electron chi connectivity index (χ2n) is 1.16. The van der Waals surface area contributed by atoms with E-state index in [1.54, 1.807) is 6.92 Å². The minimum Gasteiger partial charge on any atom is -0.350 e. The molecule has 0 spiro atoms. The monoisotopic (exact) mass is 358 g/mol. The fourth-order valence-corrected chi connectivity index (χ4v) is 4.46. The average Bonchev–Trinajstić information content (AvgIpc) is 2.01. The van der Waals surface area contributed by atoms with Crippen molar-refractivity contribution in [1.82, 2.24) is 0 Å². The molecule has 0 aromatic rings. The number of halogens is 3. The van der Waals surface area contributed by atoms with Crippen molar-refractivity contribution in [3.05, 3.63) is 0 Å². The van der Waals surface area contributed by atoms with Gasteiger partial charge in [-0.2, -0.15) is 0 Å². The van der Waals surface area contributed by atoms with E-state index in [2.05, 4.69) is 59.3 Å². The van der Waals surface area contributed by atoms with Crippen LogP contribution in [0, 0.1) is 0 Å². The van der Waals surface area contributed by atoms with E-state index in [0.717, 1.165) is 0 Å². The van der Waals surface area contributed by atoms with Gasteiger partial charge in [-0.3, -0.25) is 10.6 Å². The van der Waals surface area contributed by atoms with Crippen LogP contribution in [-0.2, 0) is 15.0 Å². The molecule has 62 valence electrons. The summed E-state index contributed by atoms with van der Waals surface area (Å²) in [5.74, 6) is 0. The molecular weight excluding hydrogens is 356 g/mol. The summed E-state index contributed by atoms with van der Waals surface area (Å²) in [6.45, 7) is 2.24. The van der Waals surface area contributed by atoms with Crippen LogP contribution in [0.4, 0.5) is 0 Å². The summed E-state index contributed by atoms with van der Waals surface area (Å²) in [5.41, 5.74) is 0. The predicted octanol–water partition coefficient (Wildman–Crippen LogP) is 2.44. The molecule has 0 N–H and O–H groups in total. The first-order valence-electron chi connectivity index (χ1n) is 2.28. The Morgan fingerprint density at radius 1 is 1.10 bits per heavy atom. The molecule has 0 aliphatic rings. The molecule has 0 aliphatic carbocycles. The van der Waals surface area contributed by atoms with Crippen LogP contribution < -0.4 is 0 Å². The minimum absolute atomic E-state index is 0.440. The highest BCUT2D eigenvalue weighted by Gasteiger charge is 2.45. The molecule has 0 unspecified atom stereocenters. The van der Waals surface area contributed by atoms with Crippen molar-refractivity contribution >= 4 is 57.8 Å². The van der Waals surface area contributed by atoms with Crippen LogP contribution in [-0.4, -0.2) is 15.7 Å². The second kappa shape index (κ2) is 6.06. The molecule has 0 aromatic heterocycles. The molecule has 0 saturated heterocycles. The lowest BCUT2D eigenvalue weighted by Crippen LogP contribution is -2.41. The van der Waals surface area contributed by atoms with Crippen LogP contribution in [0.15, 0.2) is 0 Å². The molecule has 4 nitrogen and oxygen atoms in total. The van der Waals surface area contributed by atoms with E-state index in [-0.39, 0.29) is 0 Å². The third kappa shape index (κ3) is 3.26. The summed E-state index contributed by atoms with van der Waals surface area (Å²) in [4.78, 5) is 0. The van der Waals surface area contributed by atoms with Gasteiger partial charge in [-0.05, 0) is 6.92 Å². The second-order valence-corrected chi connectivity index (χ2v) is 5.83. The first kappa shape index (κ1) is 11.5. The number of rotatable bonds is 5. The Balaban J connectivity index is 3.87. The molecule has 0 aromatic carbocycles. The van der Waals surface area contributed by atoms with Gasteiger partial charge in [-0.15, -0.1) is 0 Å². The fraction of sp³-hybridized carbons (Fsp3) is 1.00. The Labute approximate surface area is 86.0 Å². The summed E-state index contributed by atoms with van der Waals surface area (Å²) in [7, 11) is -2.97. The zero-order valence-electron chi connectivity index (χ0n) is 4.97. The van der Waals surface area contributed by atoms with Gasteiger partial charge < -0.3 is 4.43 Å². The van der Waals surface area contributed by atoms with Gasteiger partial charge in [-0.1, -0.05) is 0 Å². The summed E-state index contributed by atoms with van der Waals surface area (Å²) in [6.07, 6.45) is 0. The maximum absolute atomic E-state index is 5.01. The molecule has 0 amide bonds. The van der Waals surface area contributed by atoms with E-state index in [0.29, 0.717) is 6.61 Å². The van der Waals surface area contributed by atoms with Crippen LogP contribution in [0.25, 0.3) is 0 Å². The highest BCUT2D eigenvalue weighted by Crippen LogP contribution is 2.19. The molecule has 0 atom stereocenters. The fourth-order valence-electron chi connectivity index (χ4n) is 0.279. The van der Waals surface area contributed by atoms with Crippen molar-refractivity contribution in [3.8, 4) is 0 Å². The summed E-state index contributed by atoms with van der Waals surface area (Å²) < 4.78 is 19.0.